The number of rotatable bonds is 6. The summed E-state index contributed by atoms with van der Waals surface area (Å²) in [6, 6.07) is 12.1. The Morgan fingerprint density at radius 2 is 1.83 bits per heavy atom. The third kappa shape index (κ3) is 3.71. The number of aromatic nitrogens is 4. The van der Waals surface area contributed by atoms with Crippen LogP contribution < -0.4 is 14.8 Å². The Bertz CT molecular complexity index is 1140. The topological polar surface area (TPSA) is 74.1 Å². The molecule has 29 heavy (non-hydrogen) atoms. The van der Waals surface area contributed by atoms with Gasteiger partial charge in [0.25, 0.3) is 0 Å². The summed E-state index contributed by atoms with van der Waals surface area (Å²) in [5.74, 6) is 2.73. The van der Waals surface area contributed by atoms with Crippen molar-refractivity contribution in [3.05, 3.63) is 66.5 Å². The fourth-order valence-corrected chi connectivity index (χ4v) is 3.34. The summed E-state index contributed by atoms with van der Waals surface area (Å²) in [5.41, 5.74) is 3.00. The molecule has 0 unspecified atom stereocenters. The summed E-state index contributed by atoms with van der Waals surface area (Å²) >= 11 is 0. The highest BCUT2D eigenvalue weighted by Crippen LogP contribution is 2.35. The largest absolute Gasteiger partial charge is 0.493 e. The maximum atomic E-state index is 5.46. The molecule has 0 spiro atoms. The number of aryl methyl sites for hydroxylation is 1. The smallest absolute Gasteiger partial charge is 0.162 e. The van der Waals surface area contributed by atoms with Gasteiger partial charge in [-0.05, 0) is 37.6 Å². The molecule has 2 aromatic heterocycles. The Morgan fingerprint density at radius 3 is 2.55 bits per heavy atom. The van der Waals surface area contributed by atoms with Crippen molar-refractivity contribution >= 4 is 16.7 Å². The lowest BCUT2D eigenvalue weighted by molar-refractivity contribution is 0.356. The van der Waals surface area contributed by atoms with E-state index in [2.05, 4.69) is 45.4 Å². The fraction of sp³-hybridized carbons (Fsp3) is 0.227. The van der Waals surface area contributed by atoms with Crippen LogP contribution in [0.15, 0.2) is 55.1 Å². The van der Waals surface area contributed by atoms with E-state index < -0.39 is 0 Å². The Kier molecular flexibility index (Phi) is 5.03. The first-order valence-corrected chi connectivity index (χ1v) is 9.34. The van der Waals surface area contributed by atoms with Gasteiger partial charge >= 0.3 is 0 Å². The Labute approximate surface area is 169 Å². The van der Waals surface area contributed by atoms with E-state index in [1.807, 2.05) is 35.9 Å². The lowest BCUT2D eigenvalue weighted by Gasteiger charge is -2.18. The molecule has 0 saturated carbocycles. The monoisotopic (exact) mass is 389 g/mol. The summed E-state index contributed by atoms with van der Waals surface area (Å²) in [7, 11) is 3.24. The van der Waals surface area contributed by atoms with Crippen LogP contribution in [0.1, 0.15) is 24.4 Å². The van der Waals surface area contributed by atoms with Crippen LogP contribution in [0.3, 0.4) is 0 Å². The van der Waals surface area contributed by atoms with Crippen LogP contribution in [0.4, 0.5) is 5.82 Å². The van der Waals surface area contributed by atoms with Crippen molar-refractivity contribution in [3.63, 3.8) is 0 Å². The molecule has 7 heteroatoms. The highest BCUT2D eigenvalue weighted by molar-refractivity contribution is 5.92. The first-order valence-electron chi connectivity index (χ1n) is 9.34. The second-order valence-electron chi connectivity index (χ2n) is 6.77. The van der Waals surface area contributed by atoms with Gasteiger partial charge in [0, 0.05) is 29.5 Å². The molecule has 148 valence electrons. The second kappa shape index (κ2) is 7.79. The second-order valence-corrected chi connectivity index (χ2v) is 6.77. The van der Waals surface area contributed by atoms with Crippen molar-refractivity contribution in [2.45, 2.75) is 19.9 Å². The highest BCUT2D eigenvalue weighted by atomic mass is 16.5. The highest BCUT2D eigenvalue weighted by Gasteiger charge is 2.15. The van der Waals surface area contributed by atoms with E-state index >= 15 is 0 Å². The molecule has 2 aromatic carbocycles. The van der Waals surface area contributed by atoms with Gasteiger partial charge in [-0.25, -0.2) is 15.0 Å². The Balaban J connectivity index is 1.71. The number of nitrogens with zero attached hydrogens (tertiary/aromatic N) is 4. The van der Waals surface area contributed by atoms with Gasteiger partial charge in [0.2, 0.25) is 0 Å². The Morgan fingerprint density at radius 1 is 1.03 bits per heavy atom. The number of hydrogen-bond donors (Lipinski definition) is 1. The molecule has 1 N–H and O–H groups in total. The van der Waals surface area contributed by atoms with Crippen LogP contribution in [0, 0.1) is 6.92 Å². The summed E-state index contributed by atoms with van der Waals surface area (Å²) in [5, 5.41) is 4.41. The first-order chi connectivity index (χ1) is 14.1. The van der Waals surface area contributed by atoms with Crippen LogP contribution in [0.5, 0.6) is 11.5 Å². The lowest BCUT2D eigenvalue weighted by Crippen LogP contribution is -2.10. The number of methoxy groups -OCH3 is 2. The van der Waals surface area contributed by atoms with Crippen LogP contribution in [0.2, 0.25) is 0 Å². The molecule has 0 saturated heterocycles. The molecule has 0 aliphatic carbocycles. The van der Waals surface area contributed by atoms with E-state index in [1.165, 1.54) is 0 Å². The van der Waals surface area contributed by atoms with Crippen molar-refractivity contribution in [2.24, 2.45) is 0 Å². The zero-order chi connectivity index (χ0) is 20.4. The molecule has 4 rings (SSSR count). The number of benzene rings is 2. The molecule has 4 aromatic rings. The summed E-state index contributed by atoms with van der Waals surface area (Å²) in [6.07, 6.45) is 5.49. The zero-order valence-electron chi connectivity index (χ0n) is 16.9. The van der Waals surface area contributed by atoms with Crippen LogP contribution in [-0.2, 0) is 0 Å². The van der Waals surface area contributed by atoms with Crippen molar-refractivity contribution in [1.29, 1.82) is 0 Å². The first kappa shape index (κ1) is 18.7. The van der Waals surface area contributed by atoms with Gasteiger partial charge in [0.15, 0.2) is 11.5 Å². The molecule has 7 nitrogen and oxygen atoms in total. The van der Waals surface area contributed by atoms with Gasteiger partial charge in [0.05, 0.1) is 32.1 Å². The summed E-state index contributed by atoms with van der Waals surface area (Å²) in [4.78, 5) is 13.3. The molecule has 0 aliphatic rings. The molecule has 0 amide bonds. The van der Waals surface area contributed by atoms with E-state index in [4.69, 9.17) is 9.47 Å². The summed E-state index contributed by atoms with van der Waals surface area (Å²) < 4.78 is 12.9. The minimum atomic E-state index is 0.0315. The third-order valence-electron chi connectivity index (χ3n) is 4.84. The number of imidazole rings is 1. The third-order valence-corrected chi connectivity index (χ3v) is 4.84. The quantitative estimate of drug-likeness (QED) is 0.530. The van der Waals surface area contributed by atoms with Gasteiger partial charge < -0.3 is 19.4 Å². The van der Waals surface area contributed by atoms with Gasteiger partial charge in [-0.1, -0.05) is 12.1 Å². The standard InChI is InChI=1S/C22H23N5O2/c1-14(16-6-5-7-17(10-16)27-9-8-23-13-27)24-22-18-11-20(28-3)21(29-4)12-19(18)25-15(2)26-22/h5-14H,1-4H3,(H,24,25,26)/t14-/m1/s1. The molecular weight excluding hydrogens is 366 g/mol. The zero-order valence-corrected chi connectivity index (χ0v) is 16.9. The lowest BCUT2D eigenvalue weighted by atomic mass is 10.1. The van der Waals surface area contributed by atoms with E-state index in [-0.39, 0.29) is 6.04 Å². The van der Waals surface area contributed by atoms with Gasteiger partial charge in [0.1, 0.15) is 11.6 Å². The average Bonchev–Trinajstić information content (AvgIpc) is 3.27. The maximum absolute atomic E-state index is 5.46. The molecule has 0 bridgehead atoms. The SMILES string of the molecule is COc1cc2nc(C)nc(N[C@H](C)c3cccc(-n4ccnc4)c3)c2cc1OC. The fourth-order valence-electron chi connectivity index (χ4n) is 3.34. The number of nitrogens with one attached hydrogen (secondary N) is 1. The van der Waals surface area contributed by atoms with E-state index in [0.717, 1.165) is 28.0 Å². The number of fused-ring (bicyclic) bond motifs is 1. The maximum Gasteiger partial charge on any atom is 0.162 e. The van der Waals surface area contributed by atoms with Gasteiger partial charge in [-0.15, -0.1) is 0 Å². The number of ether oxygens (including phenoxy) is 2. The molecule has 0 aliphatic heterocycles. The minimum absolute atomic E-state index is 0.0315. The van der Waals surface area contributed by atoms with Crippen LogP contribution in [-0.4, -0.2) is 33.7 Å². The number of hydrogen-bond acceptors (Lipinski definition) is 6. The predicted octanol–water partition coefficient (Wildman–Crippen LogP) is 4.31. The summed E-state index contributed by atoms with van der Waals surface area (Å²) in [6.45, 7) is 3.99. The minimum Gasteiger partial charge on any atom is -0.493 e. The van der Waals surface area contributed by atoms with Crippen molar-refractivity contribution in [2.75, 3.05) is 19.5 Å². The van der Waals surface area contributed by atoms with E-state index in [1.54, 1.807) is 26.7 Å². The molecular formula is C22H23N5O2. The average molecular weight is 389 g/mol. The van der Waals surface area contributed by atoms with Crippen LogP contribution >= 0.6 is 0 Å². The predicted molar refractivity (Wildman–Crippen MR) is 113 cm³/mol. The Hall–Kier alpha value is -3.61. The van der Waals surface area contributed by atoms with Crippen molar-refractivity contribution < 1.29 is 9.47 Å². The van der Waals surface area contributed by atoms with E-state index in [9.17, 15) is 0 Å². The molecule has 0 fully saturated rings. The normalized spacial score (nSPS) is 12.0. The molecule has 0 radical (unpaired) electrons. The van der Waals surface area contributed by atoms with E-state index in [0.29, 0.717) is 17.3 Å². The molecule has 1 atom stereocenters. The van der Waals surface area contributed by atoms with Crippen LogP contribution in [0.25, 0.3) is 16.6 Å². The van der Waals surface area contributed by atoms with Crippen molar-refractivity contribution in [3.8, 4) is 17.2 Å². The van der Waals surface area contributed by atoms with Gasteiger partial charge in [-0.3, -0.25) is 0 Å². The van der Waals surface area contributed by atoms with Gasteiger partial charge in [-0.2, -0.15) is 0 Å². The molecule has 2 heterocycles. The number of anilines is 1. The van der Waals surface area contributed by atoms with Crippen molar-refractivity contribution in [1.82, 2.24) is 19.5 Å².